The third-order valence-electron chi connectivity index (χ3n) is 8.06. The molecule has 1 fully saturated rings. The lowest BCUT2D eigenvalue weighted by Gasteiger charge is -2.30. The molecule has 0 spiro atoms. The predicted octanol–water partition coefficient (Wildman–Crippen LogP) is 6.66. The van der Waals surface area contributed by atoms with Gasteiger partial charge in [0.15, 0.2) is 0 Å². The van der Waals surface area contributed by atoms with Gasteiger partial charge in [-0.05, 0) is 52.7 Å². The third kappa shape index (κ3) is 5.09. The zero-order valence-corrected chi connectivity index (χ0v) is 25.1. The fraction of sp³-hybridized carbons (Fsp3) is 0.152. The standard InChI is InChI=1S/C33H21F4N3O4S2/c34-20-12-9-18(10-13-20)25-26-27(30(43)40(29(26)42)23-8-4-3-7-22(23)33(35,36)37)45-31-28(25)46-32(44)39(31)16-24(41)38-21-14-11-17-5-1-2-6-19(17)15-21/h1-15,25-27H,16H2,(H,38,41). The smallest absolute Gasteiger partial charge is 0.325 e. The average molecular weight is 664 g/mol. The third-order valence-corrected chi connectivity index (χ3v) is 10.7. The van der Waals surface area contributed by atoms with Gasteiger partial charge in [0, 0.05) is 16.5 Å². The highest BCUT2D eigenvalue weighted by atomic mass is 32.2. The molecule has 0 radical (unpaired) electrons. The van der Waals surface area contributed by atoms with Gasteiger partial charge in [0.05, 0.1) is 22.2 Å². The number of hydrogen-bond donors (Lipinski definition) is 1. The molecule has 3 amide bonds. The molecule has 2 aliphatic heterocycles. The second kappa shape index (κ2) is 11.2. The van der Waals surface area contributed by atoms with E-state index in [2.05, 4.69) is 5.32 Å². The maximum absolute atomic E-state index is 14.0. The first-order valence-corrected chi connectivity index (χ1v) is 15.7. The van der Waals surface area contributed by atoms with Crippen LogP contribution in [0.4, 0.5) is 28.9 Å². The summed E-state index contributed by atoms with van der Waals surface area (Å²) in [5, 5.41) is 3.71. The summed E-state index contributed by atoms with van der Waals surface area (Å²) in [6, 6.07) is 22.5. The minimum atomic E-state index is -4.84. The summed E-state index contributed by atoms with van der Waals surface area (Å²) < 4.78 is 57.0. The average Bonchev–Trinajstić information content (AvgIpc) is 3.47. The number of halogens is 4. The molecular formula is C33H21F4N3O4S2. The van der Waals surface area contributed by atoms with E-state index in [1.807, 2.05) is 30.3 Å². The lowest BCUT2D eigenvalue weighted by molar-refractivity contribution is -0.137. The van der Waals surface area contributed by atoms with E-state index in [1.54, 1.807) is 12.1 Å². The molecule has 2 aliphatic rings. The minimum Gasteiger partial charge on any atom is -0.325 e. The largest absolute Gasteiger partial charge is 0.418 e. The second-order valence-corrected chi connectivity index (χ2v) is 13.0. The van der Waals surface area contributed by atoms with E-state index in [1.165, 1.54) is 41.0 Å². The van der Waals surface area contributed by atoms with Crippen LogP contribution in [0.15, 0.2) is 101 Å². The van der Waals surface area contributed by atoms with Gasteiger partial charge < -0.3 is 5.32 Å². The first kappa shape index (κ1) is 29.9. The van der Waals surface area contributed by atoms with Gasteiger partial charge in [-0.2, -0.15) is 13.2 Å². The van der Waals surface area contributed by atoms with Gasteiger partial charge in [0.1, 0.15) is 17.6 Å². The summed E-state index contributed by atoms with van der Waals surface area (Å²) in [7, 11) is 0. The molecule has 1 saturated heterocycles. The summed E-state index contributed by atoms with van der Waals surface area (Å²) in [5.74, 6) is -4.95. The van der Waals surface area contributed by atoms with Gasteiger partial charge in [0.25, 0.3) is 0 Å². The van der Waals surface area contributed by atoms with E-state index < -0.39 is 69.5 Å². The normalized spacial score (nSPS) is 19.3. The Balaban J connectivity index is 1.28. The van der Waals surface area contributed by atoms with Crippen LogP contribution in [-0.2, 0) is 27.1 Å². The number of thiazole rings is 1. The van der Waals surface area contributed by atoms with Crippen molar-refractivity contribution >= 4 is 63.0 Å². The number of para-hydroxylation sites is 1. The van der Waals surface area contributed by atoms with Crippen LogP contribution in [-0.4, -0.2) is 27.5 Å². The highest BCUT2D eigenvalue weighted by Crippen LogP contribution is 2.54. The van der Waals surface area contributed by atoms with Gasteiger partial charge in [0.2, 0.25) is 17.7 Å². The van der Waals surface area contributed by atoms with Crippen LogP contribution in [0.3, 0.4) is 0 Å². The van der Waals surface area contributed by atoms with Crippen molar-refractivity contribution < 1.29 is 31.9 Å². The lowest BCUT2D eigenvalue weighted by Crippen LogP contribution is -2.33. The number of amides is 3. The molecule has 13 heteroatoms. The number of nitrogens with zero attached hydrogens (tertiary/aromatic N) is 2. The van der Waals surface area contributed by atoms with Crippen LogP contribution in [0, 0.1) is 11.7 Å². The quantitative estimate of drug-likeness (QED) is 0.168. The number of imide groups is 1. The van der Waals surface area contributed by atoms with Crippen LogP contribution in [0.1, 0.15) is 21.9 Å². The Morgan fingerprint density at radius 2 is 1.54 bits per heavy atom. The monoisotopic (exact) mass is 663 g/mol. The lowest BCUT2D eigenvalue weighted by atomic mass is 9.83. The number of carbonyl (C=O) groups is 3. The molecule has 7 nitrogen and oxygen atoms in total. The molecule has 3 unspecified atom stereocenters. The molecule has 0 bridgehead atoms. The Bertz CT molecular complexity index is 2110. The van der Waals surface area contributed by atoms with E-state index in [0.29, 0.717) is 21.0 Å². The molecular weight excluding hydrogens is 643 g/mol. The molecule has 46 heavy (non-hydrogen) atoms. The number of alkyl halides is 3. The number of nitrogens with one attached hydrogen (secondary N) is 1. The van der Waals surface area contributed by atoms with Gasteiger partial charge in [-0.15, -0.1) is 0 Å². The van der Waals surface area contributed by atoms with Crippen molar-refractivity contribution in [3.8, 4) is 0 Å². The molecule has 3 atom stereocenters. The van der Waals surface area contributed by atoms with Crippen molar-refractivity contribution in [1.82, 2.24) is 4.57 Å². The molecule has 4 aromatic carbocycles. The number of hydrogen-bond acceptors (Lipinski definition) is 6. The Hall–Kier alpha value is -4.75. The fourth-order valence-corrected chi connectivity index (χ4v) is 8.81. The molecule has 232 valence electrons. The number of fused-ring (bicyclic) bond motifs is 3. The minimum absolute atomic E-state index is 0.256. The van der Waals surface area contributed by atoms with Crippen molar-refractivity contribution in [2.24, 2.45) is 5.92 Å². The number of anilines is 2. The van der Waals surface area contributed by atoms with Crippen LogP contribution < -0.4 is 15.1 Å². The Morgan fingerprint density at radius 3 is 2.28 bits per heavy atom. The first-order valence-electron chi connectivity index (χ1n) is 14.0. The van der Waals surface area contributed by atoms with Crippen LogP contribution in [0.25, 0.3) is 10.8 Å². The molecule has 1 aromatic heterocycles. The van der Waals surface area contributed by atoms with E-state index in [4.69, 9.17) is 0 Å². The van der Waals surface area contributed by atoms with Crippen molar-refractivity contribution in [3.63, 3.8) is 0 Å². The highest BCUT2D eigenvalue weighted by molar-refractivity contribution is 8.00. The molecule has 5 aromatic rings. The van der Waals surface area contributed by atoms with Crippen molar-refractivity contribution in [2.75, 3.05) is 10.2 Å². The van der Waals surface area contributed by atoms with E-state index in [0.717, 1.165) is 46.0 Å². The van der Waals surface area contributed by atoms with Crippen molar-refractivity contribution in [2.45, 2.75) is 28.9 Å². The first-order chi connectivity index (χ1) is 22.0. The predicted molar refractivity (Wildman–Crippen MR) is 166 cm³/mol. The maximum Gasteiger partial charge on any atom is 0.418 e. The van der Waals surface area contributed by atoms with Crippen LogP contribution >= 0.6 is 23.1 Å². The second-order valence-electron chi connectivity index (χ2n) is 10.9. The maximum atomic E-state index is 14.0. The van der Waals surface area contributed by atoms with Crippen LogP contribution in [0.2, 0.25) is 0 Å². The van der Waals surface area contributed by atoms with Gasteiger partial charge >= 0.3 is 11.0 Å². The number of aromatic nitrogens is 1. The molecule has 0 saturated carbocycles. The SMILES string of the molecule is O=C(Cn1c2c(sc1=O)C(c1ccc(F)cc1)C1C(=O)N(c3ccccc3C(F)(F)F)C(=O)C1S2)Nc1ccc2ccccc2c1. The number of rotatable bonds is 5. The molecule has 3 heterocycles. The molecule has 0 aliphatic carbocycles. The Morgan fingerprint density at radius 1 is 0.848 bits per heavy atom. The summed E-state index contributed by atoms with van der Waals surface area (Å²) in [5.41, 5.74) is -0.823. The van der Waals surface area contributed by atoms with Crippen LogP contribution in [0.5, 0.6) is 0 Å². The fourth-order valence-electron chi connectivity index (χ4n) is 6.04. The summed E-state index contributed by atoms with van der Waals surface area (Å²) >= 11 is 1.66. The Labute approximate surface area is 266 Å². The van der Waals surface area contributed by atoms with Crippen molar-refractivity contribution in [1.29, 1.82) is 0 Å². The highest BCUT2D eigenvalue weighted by Gasteiger charge is 2.57. The van der Waals surface area contributed by atoms with Crippen molar-refractivity contribution in [3.05, 3.63) is 122 Å². The zero-order chi connectivity index (χ0) is 32.3. The topological polar surface area (TPSA) is 88.5 Å². The Kier molecular flexibility index (Phi) is 7.32. The summed E-state index contributed by atoms with van der Waals surface area (Å²) in [6.07, 6.45) is -4.84. The van der Waals surface area contributed by atoms with Gasteiger partial charge in [-0.1, -0.05) is 77.7 Å². The number of carbonyl (C=O) groups excluding carboxylic acids is 3. The molecule has 1 N–H and O–H groups in total. The summed E-state index contributed by atoms with van der Waals surface area (Å²) in [4.78, 5) is 54.8. The summed E-state index contributed by atoms with van der Waals surface area (Å²) in [6.45, 7) is -0.416. The van der Waals surface area contributed by atoms with E-state index in [9.17, 15) is 36.7 Å². The van der Waals surface area contributed by atoms with Gasteiger partial charge in [-0.25, -0.2) is 9.29 Å². The number of benzene rings is 4. The van der Waals surface area contributed by atoms with E-state index >= 15 is 0 Å². The van der Waals surface area contributed by atoms with Gasteiger partial charge in [-0.3, -0.25) is 23.7 Å². The number of thioether (sulfide) groups is 1. The molecule has 7 rings (SSSR count). The van der Waals surface area contributed by atoms with E-state index in [-0.39, 0.29) is 5.03 Å². The zero-order valence-electron chi connectivity index (χ0n) is 23.5.